The Balaban J connectivity index is 0.596. The molecule has 5 aromatic heterocycles. The van der Waals surface area contributed by atoms with E-state index in [0.29, 0.717) is 5.95 Å². The van der Waals surface area contributed by atoms with Crippen LogP contribution in [0.2, 0.25) is 0 Å². The van der Waals surface area contributed by atoms with Crippen LogP contribution in [0.4, 0.5) is 11.6 Å². The predicted molar refractivity (Wildman–Crippen MR) is 477 cm³/mol. The molecule has 26 rings (SSSR count). The Hall–Kier alpha value is -13.9. The van der Waals surface area contributed by atoms with E-state index in [1.54, 1.807) is 23.5 Å². The van der Waals surface area contributed by atoms with Gasteiger partial charge in [-0.1, -0.05) is 256 Å². The Bertz CT molecular complexity index is 8050. The topological polar surface area (TPSA) is 69.6 Å². The van der Waals surface area contributed by atoms with Crippen LogP contribution in [0, 0.1) is 0 Å². The molecule has 0 saturated carbocycles. The maximum atomic E-state index is 5.71. The number of para-hydroxylation sites is 2. The first kappa shape index (κ1) is 63.7. The lowest BCUT2D eigenvalue weighted by atomic mass is 9.81. The molecular formula is C105H64N8S2. The molecule has 3 aliphatic heterocycles. The summed E-state index contributed by atoms with van der Waals surface area (Å²) in [5.74, 6) is 1.49. The van der Waals surface area contributed by atoms with Crippen molar-refractivity contribution in [2.24, 2.45) is 0 Å². The standard InChI is InChI=1S/C105H64N8S2/c1-105(2)83-47-41-69(110-88-48-39-63(52-81(88)82-50-60-19-6-7-20-61(60)54-93(82)110)65-36-43-73-72-24-10-13-29-87(72)112(90(73)55-65)103-106-85-27-16-32-96-98(85)100(108-103)77-25-11-14-30-94(77)114-96)58-79(83)71-42-35-64(53-84(71)105)67-38-45-75-74-44-37-66(62-40-49-89-80(51-62)76-46-34-59-18-8-9-23-70(59)102(76)111(89)68-21-4-3-5-22-68)56-91(74)113(92(75)57-67)104-107-86-28-17-33-97-99(86)101(109-104)78-26-12-15-31-95(78)115-97/h3-58,73,90H,1-2H3. The van der Waals surface area contributed by atoms with Crippen molar-refractivity contribution < 1.29 is 0 Å². The third-order valence-electron chi connectivity index (χ3n) is 25.5. The highest BCUT2D eigenvalue weighted by Crippen LogP contribution is 2.56. The van der Waals surface area contributed by atoms with Gasteiger partial charge in [-0.15, -0.1) is 0 Å². The molecule has 8 heterocycles. The Labute approximate surface area is 669 Å². The first-order valence-electron chi connectivity index (χ1n) is 39.6. The molecule has 0 amide bonds. The van der Waals surface area contributed by atoms with Crippen LogP contribution in [0.5, 0.6) is 0 Å². The molecule has 0 N–H and O–H groups in total. The molecule has 2 aliphatic carbocycles. The SMILES string of the molecule is CC1(C)c2ccc(-n3c4ccc(C5=CC6C(C=C5)c5ccccc5N6c5nc6c7c(cccc7n5)Sc5ccccc5-6)cc4c4cc5ccccc5cc43)cc2-c2ccc(-c3ccc4c5ccc(-c6ccc7c(c6)c6ccc8ccccc8c6n7-c6ccccc6)cc5n(-c5nc6c7c(cccc7n5)Sc5ccccc5-6)c4c3)cc21. The molecule has 0 bridgehead atoms. The normalized spacial score (nSPS) is 15.4. The smallest absolute Gasteiger partial charge is 0.235 e. The van der Waals surface area contributed by atoms with Crippen LogP contribution in [0.1, 0.15) is 42.0 Å². The van der Waals surface area contributed by atoms with Crippen molar-refractivity contribution in [3.63, 3.8) is 0 Å². The molecule has 0 saturated heterocycles. The lowest BCUT2D eigenvalue weighted by Gasteiger charge is -2.29. The second kappa shape index (κ2) is 23.6. The molecule has 2 unspecified atom stereocenters. The first-order chi connectivity index (χ1) is 56.7. The van der Waals surface area contributed by atoms with Gasteiger partial charge in [-0.05, 0) is 199 Å². The lowest BCUT2D eigenvalue weighted by molar-refractivity contribution is 0.660. The fraction of sp³-hybridized carbons (Fsp3) is 0.0476. The van der Waals surface area contributed by atoms with Crippen LogP contribution in [-0.4, -0.2) is 39.7 Å². The molecular weight excluding hydrogens is 1440 g/mol. The molecule has 16 aromatic carbocycles. The van der Waals surface area contributed by atoms with Gasteiger partial charge in [-0.3, -0.25) is 4.57 Å². The quantitative estimate of drug-likeness (QED) is 0.157. The Morgan fingerprint density at radius 1 is 0.330 bits per heavy atom. The van der Waals surface area contributed by atoms with Crippen LogP contribution in [0.25, 0.3) is 188 Å². The average molecular weight is 1500 g/mol. The number of hydrogen-bond acceptors (Lipinski definition) is 7. The summed E-state index contributed by atoms with van der Waals surface area (Å²) in [6.45, 7) is 4.80. The summed E-state index contributed by atoms with van der Waals surface area (Å²) >= 11 is 3.60. The molecule has 0 spiro atoms. The lowest BCUT2D eigenvalue weighted by Crippen LogP contribution is -2.30. The molecule has 2 atom stereocenters. The van der Waals surface area contributed by atoms with Gasteiger partial charge in [0.05, 0.1) is 61.6 Å². The van der Waals surface area contributed by atoms with E-state index in [2.05, 4.69) is 372 Å². The average Bonchev–Trinajstić information content (AvgIpc) is 1.70. The van der Waals surface area contributed by atoms with Crippen LogP contribution >= 0.6 is 23.5 Å². The highest BCUT2D eigenvalue weighted by Gasteiger charge is 2.41. The van der Waals surface area contributed by atoms with Crippen molar-refractivity contribution in [2.45, 2.75) is 50.8 Å². The van der Waals surface area contributed by atoms with E-state index in [1.165, 1.54) is 118 Å². The van der Waals surface area contributed by atoms with Crippen molar-refractivity contribution in [2.75, 3.05) is 4.90 Å². The van der Waals surface area contributed by atoms with E-state index in [1.807, 2.05) is 0 Å². The fourth-order valence-electron chi connectivity index (χ4n) is 20.2. The van der Waals surface area contributed by atoms with Gasteiger partial charge in [-0.2, -0.15) is 0 Å². The minimum absolute atomic E-state index is 0.0471. The molecule has 10 heteroatoms. The van der Waals surface area contributed by atoms with E-state index in [-0.39, 0.29) is 17.4 Å². The molecule has 0 fully saturated rings. The number of anilines is 2. The summed E-state index contributed by atoms with van der Waals surface area (Å²) < 4.78 is 7.30. The Morgan fingerprint density at radius 2 is 0.896 bits per heavy atom. The van der Waals surface area contributed by atoms with Crippen molar-refractivity contribution in [3.8, 4) is 73.2 Å². The zero-order valence-electron chi connectivity index (χ0n) is 62.4. The summed E-state index contributed by atoms with van der Waals surface area (Å²) in [6.07, 6.45) is 7.23. The van der Waals surface area contributed by atoms with Gasteiger partial charge in [0, 0.05) is 108 Å². The van der Waals surface area contributed by atoms with E-state index in [0.717, 1.165) is 117 Å². The first-order valence-corrected chi connectivity index (χ1v) is 41.2. The fourth-order valence-corrected chi connectivity index (χ4v) is 22.4. The maximum absolute atomic E-state index is 5.71. The Kier molecular flexibility index (Phi) is 13.1. The van der Waals surface area contributed by atoms with E-state index >= 15 is 0 Å². The molecule has 8 nitrogen and oxygen atoms in total. The third kappa shape index (κ3) is 9.11. The van der Waals surface area contributed by atoms with E-state index in [4.69, 9.17) is 19.9 Å². The van der Waals surface area contributed by atoms with Gasteiger partial charge in [0.1, 0.15) is 0 Å². The molecule has 115 heavy (non-hydrogen) atoms. The highest BCUT2D eigenvalue weighted by molar-refractivity contribution is 8.00. The monoisotopic (exact) mass is 1500 g/mol. The minimum atomic E-state index is -0.303. The second-order valence-corrected chi connectivity index (χ2v) is 34.1. The summed E-state index contributed by atoms with van der Waals surface area (Å²) in [4.78, 5) is 29.4. The highest BCUT2D eigenvalue weighted by atomic mass is 32.2. The van der Waals surface area contributed by atoms with Gasteiger partial charge in [-0.25, -0.2) is 19.9 Å². The summed E-state index contributed by atoms with van der Waals surface area (Å²) in [5.41, 5.74) is 29.4. The van der Waals surface area contributed by atoms with Crippen LogP contribution in [0.3, 0.4) is 0 Å². The number of fused-ring (bicyclic) bond motifs is 22. The summed E-state index contributed by atoms with van der Waals surface area (Å²) in [6, 6.07) is 119. The van der Waals surface area contributed by atoms with Gasteiger partial charge in [0.25, 0.3) is 0 Å². The Morgan fingerprint density at radius 3 is 1.65 bits per heavy atom. The van der Waals surface area contributed by atoms with Crippen LogP contribution in [-0.2, 0) is 5.41 Å². The van der Waals surface area contributed by atoms with Gasteiger partial charge in [0.15, 0.2) is 0 Å². The van der Waals surface area contributed by atoms with Crippen molar-refractivity contribution in [1.29, 1.82) is 0 Å². The minimum Gasteiger partial charge on any atom is -0.309 e. The largest absolute Gasteiger partial charge is 0.309 e. The zero-order chi connectivity index (χ0) is 75.2. The number of aromatic nitrogens is 7. The van der Waals surface area contributed by atoms with Gasteiger partial charge < -0.3 is 14.0 Å². The van der Waals surface area contributed by atoms with Crippen LogP contribution in [0.15, 0.2) is 359 Å². The maximum Gasteiger partial charge on any atom is 0.235 e. The second-order valence-electron chi connectivity index (χ2n) is 32.0. The predicted octanol–water partition coefficient (Wildman–Crippen LogP) is 27.3. The molecule has 0 radical (unpaired) electrons. The number of benzene rings is 16. The van der Waals surface area contributed by atoms with Gasteiger partial charge >= 0.3 is 0 Å². The number of hydrogen-bond donors (Lipinski definition) is 0. The van der Waals surface area contributed by atoms with Crippen molar-refractivity contribution in [3.05, 3.63) is 362 Å². The zero-order valence-corrected chi connectivity index (χ0v) is 64.0. The van der Waals surface area contributed by atoms with Crippen molar-refractivity contribution >= 4 is 150 Å². The number of rotatable bonds is 7. The van der Waals surface area contributed by atoms with Gasteiger partial charge in [0.2, 0.25) is 11.9 Å². The van der Waals surface area contributed by atoms with Crippen molar-refractivity contribution in [1.82, 2.24) is 33.6 Å². The van der Waals surface area contributed by atoms with E-state index in [9.17, 15) is 0 Å². The third-order valence-corrected chi connectivity index (χ3v) is 27.8. The summed E-state index contributed by atoms with van der Waals surface area (Å²) in [5, 5.41) is 14.2. The molecule has 21 aromatic rings. The molecule has 536 valence electrons. The number of allylic oxidation sites excluding steroid dienone is 2. The summed E-state index contributed by atoms with van der Waals surface area (Å²) in [7, 11) is 0. The number of nitrogens with zero attached hydrogens (tertiary/aromatic N) is 8. The van der Waals surface area contributed by atoms with Crippen LogP contribution < -0.4 is 4.90 Å². The molecule has 5 aliphatic rings. The van der Waals surface area contributed by atoms with E-state index < -0.39 is 0 Å².